The van der Waals surface area contributed by atoms with Crippen LogP contribution in [0.1, 0.15) is 0 Å². The number of hydrogen-bond acceptors (Lipinski definition) is 2. The molecular weight excluding hydrogens is 216 g/mol. The summed E-state index contributed by atoms with van der Waals surface area (Å²) in [6, 6.07) is 0. The molecular formula is C12H12N4O. The van der Waals surface area contributed by atoms with Gasteiger partial charge in [0.05, 0.1) is 25.7 Å². The predicted molar refractivity (Wildman–Crippen MR) is 63.6 cm³/mol. The quantitative estimate of drug-likeness (QED) is 0.677. The van der Waals surface area contributed by atoms with Gasteiger partial charge in [-0.05, 0) is 11.8 Å². The molecule has 0 aliphatic rings. The summed E-state index contributed by atoms with van der Waals surface area (Å²) in [6.45, 7) is 1.25. The summed E-state index contributed by atoms with van der Waals surface area (Å²) in [5, 5.41) is 0. The lowest BCUT2D eigenvalue weighted by atomic mass is 10.5. The molecule has 5 nitrogen and oxygen atoms in total. The van der Waals surface area contributed by atoms with Crippen LogP contribution in [0.25, 0.3) is 0 Å². The van der Waals surface area contributed by atoms with E-state index in [1.807, 2.05) is 21.5 Å². The van der Waals surface area contributed by atoms with Crippen molar-refractivity contribution in [3.63, 3.8) is 0 Å². The maximum Gasteiger partial charge on any atom is 0.0954 e. The van der Waals surface area contributed by atoms with Crippen LogP contribution >= 0.6 is 0 Å². The molecule has 0 aromatic carbocycles. The third kappa shape index (κ3) is 4.25. The Morgan fingerprint density at radius 2 is 1.29 bits per heavy atom. The SMILES string of the molecule is C(C#CCn1ccnc1)#CCn1ccnc1.O. The molecule has 5 heteroatoms. The van der Waals surface area contributed by atoms with Crippen molar-refractivity contribution in [1.29, 1.82) is 0 Å². The first kappa shape index (κ1) is 12.6. The molecule has 2 aromatic rings. The molecule has 0 fully saturated rings. The standard InChI is InChI=1S/C12H10N4.H2O/c1(3-7-15-9-5-13-11-15)2-4-8-16-10-6-14-12-16;/h5-6,9-12H,7-8H2;1H2. The highest BCUT2D eigenvalue weighted by Crippen LogP contribution is 1.83. The van der Waals surface area contributed by atoms with E-state index in [4.69, 9.17) is 0 Å². The Balaban J connectivity index is 0.00000144. The van der Waals surface area contributed by atoms with Gasteiger partial charge in [0.2, 0.25) is 0 Å². The largest absolute Gasteiger partial charge is 0.412 e. The van der Waals surface area contributed by atoms with E-state index in [-0.39, 0.29) is 5.48 Å². The summed E-state index contributed by atoms with van der Waals surface area (Å²) in [5.74, 6) is 11.5. The van der Waals surface area contributed by atoms with Crippen molar-refractivity contribution in [2.75, 3.05) is 0 Å². The van der Waals surface area contributed by atoms with Crippen LogP contribution in [-0.4, -0.2) is 24.6 Å². The Morgan fingerprint density at radius 3 is 1.65 bits per heavy atom. The molecule has 2 heterocycles. The fourth-order valence-corrected chi connectivity index (χ4v) is 1.11. The molecule has 0 aliphatic carbocycles. The summed E-state index contributed by atoms with van der Waals surface area (Å²) >= 11 is 0. The molecule has 0 radical (unpaired) electrons. The van der Waals surface area contributed by atoms with Crippen LogP contribution < -0.4 is 0 Å². The Labute approximate surface area is 99.4 Å². The molecule has 0 aliphatic heterocycles. The molecule has 0 atom stereocenters. The number of rotatable bonds is 2. The zero-order valence-electron chi connectivity index (χ0n) is 9.17. The van der Waals surface area contributed by atoms with Gasteiger partial charge in [0.15, 0.2) is 0 Å². The van der Waals surface area contributed by atoms with Gasteiger partial charge >= 0.3 is 0 Å². The predicted octanol–water partition coefficient (Wildman–Crippen LogP) is -0.0381. The average Bonchev–Trinajstić information content (AvgIpc) is 2.96. The van der Waals surface area contributed by atoms with Crippen LogP contribution in [0, 0.1) is 23.7 Å². The van der Waals surface area contributed by atoms with E-state index in [1.54, 1.807) is 25.0 Å². The highest BCUT2D eigenvalue weighted by Gasteiger charge is 1.82. The van der Waals surface area contributed by atoms with E-state index in [2.05, 4.69) is 33.6 Å². The molecule has 2 N–H and O–H groups in total. The topological polar surface area (TPSA) is 67.1 Å². The first-order valence-corrected chi connectivity index (χ1v) is 4.82. The van der Waals surface area contributed by atoms with Crippen molar-refractivity contribution in [3.05, 3.63) is 37.4 Å². The fourth-order valence-electron chi connectivity index (χ4n) is 1.11. The van der Waals surface area contributed by atoms with Crippen molar-refractivity contribution in [2.45, 2.75) is 13.1 Å². The summed E-state index contributed by atoms with van der Waals surface area (Å²) in [6.07, 6.45) is 10.7. The Hall–Kier alpha value is -2.50. The van der Waals surface area contributed by atoms with E-state index >= 15 is 0 Å². The number of imidazole rings is 2. The van der Waals surface area contributed by atoms with Gasteiger partial charge < -0.3 is 14.6 Å². The van der Waals surface area contributed by atoms with Crippen LogP contribution in [-0.2, 0) is 13.1 Å². The summed E-state index contributed by atoms with van der Waals surface area (Å²) in [7, 11) is 0. The van der Waals surface area contributed by atoms with Crippen LogP contribution in [0.3, 0.4) is 0 Å². The van der Waals surface area contributed by atoms with Gasteiger partial charge in [-0.3, -0.25) is 0 Å². The van der Waals surface area contributed by atoms with Gasteiger partial charge in [-0.1, -0.05) is 11.8 Å². The lowest BCUT2D eigenvalue weighted by Crippen LogP contribution is -1.90. The van der Waals surface area contributed by atoms with Crippen LogP contribution in [0.4, 0.5) is 0 Å². The Morgan fingerprint density at radius 1 is 0.824 bits per heavy atom. The van der Waals surface area contributed by atoms with Gasteiger partial charge in [-0.2, -0.15) is 0 Å². The fraction of sp³-hybridized carbons (Fsp3) is 0.167. The van der Waals surface area contributed by atoms with E-state index in [0.29, 0.717) is 13.1 Å². The van der Waals surface area contributed by atoms with Gasteiger partial charge in [-0.25, -0.2) is 9.97 Å². The number of hydrogen-bond donors (Lipinski definition) is 0. The summed E-state index contributed by atoms with van der Waals surface area (Å²) < 4.78 is 3.79. The first-order chi connectivity index (χ1) is 7.95. The van der Waals surface area contributed by atoms with Gasteiger partial charge in [0.25, 0.3) is 0 Å². The van der Waals surface area contributed by atoms with Crippen LogP contribution in [0.5, 0.6) is 0 Å². The molecule has 17 heavy (non-hydrogen) atoms. The minimum absolute atomic E-state index is 0. The molecule has 0 saturated heterocycles. The van der Waals surface area contributed by atoms with E-state index in [1.165, 1.54) is 0 Å². The summed E-state index contributed by atoms with van der Waals surface area (Å²) in [4.78, 5) is 7.84. The molecule has 0 bridgehead atoms. The van der Waals surface area contributed by atoms with E-state index in [0.717, 1.165) is 0 Å². The normalized spacial score (nSPS) is 8.24. The third-order valence-corrected chi connectivity index (χ3v) is 1.88. The molecule has 2 rings (SSSR count). The van der Waals surface area contributed by atoms with Gasteiger partial charge in [0, 0.05) is 24.8 Å². The van der Waals surface area contributed by atoms with E-state index < -0.39 is 0 Å². The number of aromatic nitrogens is 4. The first-order valence-electron chi connectivity index (χ1n) is 4.82. The maximum absolute atomic E-state index is 3.92. The average molecular weight is 228 g/mol. The van der Waals surface area contributed by atoms with Crippen molar-refractivity contribution in [3.8, 4) is 23.7 Å². The van der Waals surface area contributed by atoms with Gasteiger partial charge in [-0.15, -0.1) is 0 Å². The molecule has 0 saturated carbocycles. The monoisotopic (exact) mass is 228 g/mol. The molecule has 0 spiro atoms. The molecule has 2 aromatic heterocycles. The number of nitrogens with zero attached hydrogens (tertiary/aromatic N) is 4. The smallest absolute Gasteiger partial charge is 0.0954 e. The van der Waals surface area contributed by atoms with Crippen molar-refractivity contribution in [1.82, 2.24) is 19.1 Å². The molecule has 0 amide bonds. The van der Waals surface area contributed by atoms with Crippen LogP contribution in [0.2, 0.25) is 0 Å². The lowest BCUT2D eigenvalue weighted by molar-refractivity contribution is 0.824. The highest BCUT2D eigenvalue weighted by atomic mass is 16.0. The second-order valence-electron chi connectivity index (χ2n) is 3.07. The van der Waals surface area contributed by atoms with Crippen molar-refractivity contribution in [2.24, 2.45) is 0 Å². The Kier molecular flexibility index (Phi) is 5.09. The maximum atomic E-state index is 3.92. The highest BCUT2D eigenvalue weighted by molar-refractivity contribution is 5.25. The van der Waals surface area contributed by atoms with Crippen molar-refractivity contribution >= 4 is 0 Å². The second-order valence-corrected chi connectivity index (χ2v) is 3.07. The lowest BCUT2D eigenvalue weighted by Gasteiger charge is -1.89. The molecule has 86 valence electrons. The van der Waals surface area contributed by atoms with Gasteiger partial charge in [0.1, 0.15) is 0 Å². The second kappa shape index (κ2) is 6.89. The third-order valence-electron chi connectivity index (χ3n) is 1.88. The summed E-state index contributed by atoms with van der Waals surface area (Å²) in [5.41, 5.74) is 0. The van der Waals surface area contributed by atoms with Crippen LogP contribution in [0.15, 0.2) is 37.4 Å². The molecule has 0 unspecified atom stereocenters. The Bertz CT molecular complexity index is 483. The van der Waals surface area contributed by atoms with Crippen molar-refractivity contribution < 1.29 is 5.48 Å². The minimum Gasteiger partial charge on any atom is -0.412 e. The minimum atomic E-state index is 0. The zero-order valence-corrected chi connectivity index (χ0v) is 9.17. The van der Waals surface area contributed by atoms with E-state index in [9.17, 15) is 0 Å². The zero-order chi connectivity index (χ0) is 11.1.